The minimum absolute atomic E-state index is 0.0649. The van der Waals surface area contributed by atoms with Crippen molar-refractivity contribution in [3.8, 4) is 5.75 Å². The summed E-state index contributed by atoms with van der Waals surface area (Å²) < 4.78 is 0. The molecule has 1 N–H and O–H groups in total. The fourth-order valence-electron chi connectivity index (χ4n) is 1.63. The fourth-order valence-corrected chi connectivity index (χ4v) is 1.63. The number of nitro groups is 1. The number of rotatable bonds is 4. The number of carbonyl (C=O) groups is 1. The monoisotopic (exact) mass is 285 g/mol. The highest BCUT2D eigenvalue weighted by Crippen LogP contribution is 2.32. The zero-order valence-electron chi connectivity index (χ0n) is 11.1. The zero-order chi connectivity index (χ0) is 15.4. The average molecular weight is 285 g/mol. The number of azo groups is 1. The van der Waals surface area contributed by atoms with Crippen LogP contribution in [0.3, 0.4) is 0 Å². The van der Waals surface area contributed by atoms with Gasteiger partial charge in [0.1, 0.15) is 11.4 Å². The molecular weight excluding hydrogens is 274 g/mol. The largest absolute Gasteiger partial charge is 0.506 e. The van der Waals surface area contributed by atoms with Gasteiger partial charge in [0.05, 0.1) is 4.92 Å². The van der Waals surface area contributed by atoms with Crippen LogP contribution in [-0.2, 0) is 0 Å². The second-order valence-corrected chi connectivity index (χ2v) is 4.21. The van der Waals surface area contributed by atoms with E-state index in [2.05, 4.69) is 10.2 Å². The second kappa shape index (κ2) is 5.91. The Morgan fingerprint density at radius 1 is 1.14 bits per heavy atom. The molecule has 0 aliphatic rings. The summed E-state index contributed by atoms with van der Waals surface area (Å²) in [6, 6.07) is 10.0. The molecule has 2 rings (SSSR count). The van der Waals surface area contributed by atoms with Crippen LogP contribution < -0.4 is 0 Å². The molecule has 2 aromatic rings. The number of carbonyl (C=O) groups excluding carboxylic acids is 1. The average Bonchev–Trinajstić information content (AvgIpc) is 2.46. The predicted molar refractivity (Wildman–Crippen MR) is 75.4 cm³/mol. The van der Waals surface area contributed by atoms with E-state index in [1.165, 1.54) is 43.3 Å². The van der Waals surface area contributed by atoms with Crippen LogP contribution in [0.2, 0.25) is 0 Å². The molecule has 0 aliphatic heterocycles. The lowest BCUT2D eigenvalue weighted by molar-refractivity contribution is -0.384. The van der Waals surface area contributed by atoms with E-state index in [4.69, 9.17) is 0 Å². The standard InChI is InChI=1S/C14H11N3O4/c1-9(18)10-6-7-14(19)12(8-10)16-15-11-4-2-3-5-13(11)17(20)21/h2-8,19H,1H3. The topological polar surface area (TPSA) is 105 Å². The summed E-state index contributed by atoms with van der Waals surface area (Å²) in [7, 11) is 0. The summed E-state index contributed by atoms with van der Waals surface area (Å²) in [5.41, 5.74) is 0.309. The Kier molecular flexibility index (Phi) is 4.03. The molecule has 21 heavy (non-hydrogen) atoms. The number of phenols is 1. The molecule has 7 nitrogen and oxygen atoms in total. The van der Waals surface area contributed by atoms with Crippen molar-refractivity contribution < 1.29 is 14.8 Å². The number of aromatic hydroxyl groups is 1. The van der Waals surface area contributed by atoms with Gasteiger partial charge in [-0.25, -0.2) is 0 Å². The summed E-state index contributed by atoms with van der Waals surface area (Å²) >= 11 is 0. The summed E-state index contributed by atoms with van der Waals surface area (Å²) in [5.74, 6) is -0.348. The van der Waals surface area contributed by atoms with Crippen molar-refractivity contribution in [1.82, 2.24) is 0 Å². The maximum Gasteiger partial charge on any atom is 0.296 e. The van der Waals surface area contributed by atoms with Gasteiger partial charge in [0.15, 0.2) is 11.5 Å². The quantitative estimate of drug-likeness (QED) is 0.397. The minimum atomic E-state index is -0.569. The van der Waals surface area contributed by atoms with Crippen molar-refractivity contribution in [1.29, 1.82) is 0 Å². The van der Waals surface area contributed by atoms with Gasteiger partial charge in [0.25, 0.3) is 5.69 Å². The van der Waals surface area contributed by atoms with Crippen molar-refractivity contribution >= 4 is 22.8 Å². The van der Waals surface area contributed by atoms with Crippen LogP contribution >= 0.6 is 0 Å². The fraction of sp³-hybridized carbons (Fsp3) is 0.0714. The van der Waals surface area contributed by atoms with Crippen LogP contribution in [0.1, 0.15) is 17.3 Å². The van der Waals surface area contributed by atoms with Crippen molar-refractivity contribution in [3.05, 3.63) is 58.1 Å². The van der Waals surface area contributed by atoms with E-state index < -0.39 is 4.92 Å². The third kappa shape index (κ3) is 3.27. The van der Waals surface area contributed by atoms with E-state index in [0.29, 0.717) is 5.56 Å². The lowest BCUT2D eigenvalue weighted by Crippen LogP contribution is -1.90. The lowest BCUT2D eigenvalue weighted by atomic mass is 10.1. The molecule has 106 valence electrons. The van der Waals surface area contributed by atoms with Crippen LogP contribution in [0.25, 0.3) is 0 Å². The van der Waals surface area contributed by atoms with Gasteiger partial charge in [-0.1, -0.05) is 12.1 Å². The first-order valence-corrected chi connectivity index (χ1v) is 5.98. The molecule has 0 fully saturated rings. The number of phenolic OH excluding ortho intramolecular Hbond substituents is 1. The van der Waals surface area contributed by atoms with E-state index in [-0.39, 0.29) is 28.6 Å². The zero-order valence-corrected chi connectivity index (χ0v) is 11.1. The number of hydrogen-bond acceptors (Lipinski definition) is 6. The molecule has 2 aromatic carbocycles. The maximum atomic E-state index is 11.3. The number of Topliss-reactive ketones (excluding diaryl/α,β-unsaturated/α-hetero) is 1. The molecule has 0 amide bonds. The summed E-state index contributed by atoms with van der Waals surface area (Å²) in [6.07, 6.45) is 0. The Labute approximate surface area is 119 Å². The molecule has 0 bridgehead atoms. The normalized spacial score (nSPS) is 10.7. The van der Waals surface area contributed by atoms with E-state index in [1.807, 2.05) is 0 Å². The first-order valence-electron chi connectivity index (χ1n) is 5.98. The number of nitrogens with zero attached hydrogens (tertiary/aromatic N) is 3. The van der Waals surface area contributed by atoms with Crippen molar-refractivity contribution in [2.45, 2.75) is 6.92 Å². The number of para-hydroxylation sites is 1. The van der Waals surface area contributed by atoms with Crippen LogP contribution in [0.4, 0.5) is 17.1 Å². The van der Waals surface area contributed by atoms with Crippen molar-refractivity contribution in [2.75, 3.05) is 0 Å². The number of ketones is 1. The summed E-state index contributed by atoms with van der Waals surface area (Å²) in [4.78, 5) is 21.6. The highest BCUT2D eigenvalue weighted by Gasteiger charge is 2.12. The number of hydrogen-bond donors (Lipinski definition) is 1. The van der Waals surface area contributed by atoms with E-state index in [9.17, 15) is 20.0 Å². The van der Waals surface area contributed by atoms with Crippen LogP contribution in [0.5, 0.6) is 5.75 Å². The predicted octanol–water partition coefficient (Wildman–Crippen LogP) is 3.92. The molecule has 0 aromatic heterocycles. The molecule has 7 heteroatoms. The highest BCUT2D eigenvalue weighted by molar-refractivity contribution is 5.95. The van der Waals surface area contributed by atoms with Gasteiger partial charge >= 0.3 is 0 Å². The first-order chi connectivity index (χ1) is 9.99. The number of benzene rings is 2. The lowest BCUT2D eigenvalue weighted by Gasteiger charge is -2.00. The second-order valence-electron chi connectivity index (χ2n) is 4.21. The molecule has 0 radical (unpaired) electrons. The Bertz CT molecular complexity index is 741. The molecule has 0 spiro atoms. The molecule has 0 saturated heterocycles. The third-order valence-corrected chi connectivity index (χ3v) is 2.73. The molecule has 0 unspecified atom stereocenters. The van der Waals surface area contributed by atoms with Gasteiger partial charge in [-0.05, 0) is 31.2 Å². The van der Waals surface area contributed by atoms with Gasteiger partial charge in [0, 0.05) is 11.6 Å². The van der Waals surface area contributed by atoms with Crippen LogP contribution in [0.15, 0.2) is 52.7 Å². The maximum absolute atomic E-state index is 11.3. The van der Waals surface area contributed by atoms with Gasteiger partial charge in [0.2, 0.25) is 0 Å². The molecule has 0 saturated carbocycles. The van der Waals surface area contributed by atoms with E-state index >= 15 is 0 Å². The smallest absolute Gasteiger partial charge is 0.296 e. The third-order valence-electron chi connectivity index (χ3n) is 2.73. The number of nitro benzene ring substituents is 1. The first kappa shape index (κ1) is 14.3. The summed E-state index contributed by atoms with van der Waals surface area (Å²) in [5, 5.41) is 28.1. The SMILES string of the molecule is CC(=O)c1ccc(O)c(N=Nc2ccccc2[N+](=O)[O-])c1. The van der Waals surface area contributed by atoms with Crippen molar-refractivity contribution in [2.24, 2.45) is 10.2 Å². The van der Waals surface area contributed by atoms with Gasteiger partial charge in [-0.15, -0.1) is 10.2 Å². The van der Waals surface area contributed by atoms with Crippen LogP contribution in [-0.4, -0.2) is 15.8 Å². The Morgan fingerprint density at radius 3 is 2.48 bits per heavy atom. The van der Waals surface area contributed by atoms with Crippen molar-refractivity contribution in [3.63, 3.8) is 0 Å². The Morgan fingerprint density at radius 2 is 1.81 bits per heavy atom. The van der Waals surface area contributed by atoms with E-state index in [1.54, 1.807) is 6.07 Å². The van der Waals surface area contributed by atoms with Gasteiger partial charge < -0.3 is 5.11 Å². The molecule has 0 aliphatic carbocycles. The minimum Gasteiger partial charge on any atom is -0.506 e. The van der Waals surface area contributed by atoms with Gasteiger partial charge in [-0.3, -0.25) is 14.9 Å². The van der Waals surface area contributed by atoms with Crippen LogP contribution in [0, 0.1) is 10.1 Å². The molecule has 0 heterocycles. The Balaban J connectivity index is 2.40. The summed E-state index contributed by atoms with van der Waals surface area (Å²) in [6.45, 7) is 1.38. The van der Waals surface area contributed by atoms with E-state index in [0.717, 1.165) is 0 Å². The highest BCUT2D eigenvalue weighted by atomic mass is 16.6. The molecule has 0 atom stereocenters. The molecular formula is C14H11N3O4. The Hall–Kier alpha value is -3.09. The van der Waals surface area contributed by atoms with Gasteiger partial charge in [-0.2, -0.15) is 0 Å².